The summed E-state index contributed by atoms with van der Waals surface area (Å²) in [6, 6.07) is 9.45. The number of H-pyrrole nitrogens is 1. The number of fused-ring (bicyclic) bond motifs is 1. The van der Waals surface area contributed by atoms with E-state index in [9.17, 15) is 9.59 Å². The van der Waals surface area contributed by atoms with E-state index in [0.717, 1.165) is 16.3 Å². The maximum absolute atomic E-state index is 12.2. The van der Waals surface area contributed by atoms with Gasteiger partial charge in [-0.05, 0) is 5.56 Å². The van der Waals surface area contributed by atoms with Crippen LogP contribution in [-0.4, -0.2) is 43.5 Å². The van der Waals surface area contributed by atoms with Crippen molar-refractivity contribution >= 4 is 17.7 Å². The van der Waals surface area contributed by atoms with E-state index >= 15 is 0 Å². The smallest absolute Gasteiger partial charge is 1.00 e. The van der Waals surface area contributed by atoms with Crippen LogP contribution in [0.25, 0.3) is 5.78 Å². The molecule has 0 saturated carbocycles. The monoisotopic (exact) mass is 393 g/mol. The number of anilines is 1. The Hall–Kier alpha value is -2.82. The topological polar surface area (TPSA) is 131 Å². The van der Waals surface area contributed by atoms with Crippen LogP contribution in [0.4, 0.5) is 5.95 Å². The molecule has 140 valence electrons. The zero-order valence-electron chi connectivity index (χ0n) is 16.0. The summed E-state index contributed by atoms with van der Waals surface area (Å²) < 4.78 is 11.6. The molecule has 1 aliphatic rings. The van der Waals surface area contributed by atoms with E-state index < -0.39 is 17.1 Å². The first-order valence-corrected chi connectivity index (χ1v) is 8.08. The van der Waals surface area contributed by atoms with Crippen molar-refractivity contribution in [1.29, 1.82) is 0 Å². The molecule has 0 radical (unpaired) electrons. The van der Waals surface area contributed by atoms with Gasteiger partial charge in [0.15, 0.2) is 5.76 Å². The van der Waals surface area contributed by atoms with Gasteiger partial charge < -0.3 is 21.3 Å². The zero-order chi connectivity index (χ0) is 18.8. The molecule has 0 aliphatic carbocycles. The van der Waals surface area contributed by atoms with Crippen LogP contribution < -0.4 is 40.4 Å². The molecule has 3 aromatic rings. The van der Waals surface area contributed by atoms with Crippen molar-refractivity contribution < 1.29 is 50.4 Å². The maximum atomic E-state index is 12.2. The number of carboxylic acids is 1. The number of nitrogens with one attached hydrogen (secondary N) is 2. The molecular weight excluding hydrogens is 377 g/mol. The fourth-order valence-electron chi connectivity index (χ4n) is 2.74. The Morgan fingerprint density at radius 1 is 1.39 bits per heavy atom. The number of nitrogens with zero attached hydrogens (tertiary/aromatic N) is 3. The van der Waals surface area contributed by atoms with Gasteiger partial charge in [0.25, 0.3) is 11.3 Å². The molecule has 1 unspecified atom stereocenters. The third-order valence-corrected chi connectivity index (χ3v) is 4.03. The number of hydrogen-bond acceptors (Lipinski definition) is 7. The van der Waals surface area contributed by atoms with Crippen molar-refractivity contribution in [2.75, 3.05) is 12.1 Å². The van der Waals surface area contributed by atoms with Crippen LogP contribution >= 0.6 is 0 Å². The van der Waals surface area contributed by atoms with Crippen LogP contribution in [-0.2, 0) is 15.9 Å². The van der Waals surface area contributed by atoms with Crippen molar-refractivity contribution in [3.05, 3.63) is 70.0 Å². The van der Waals surface area contributed by atoms with Crippen LogP contribution in [0.5, 0.6) is 0 Å². The normalized spacial score (nSPS) is 13.8. The summed E-state index contributed by atoms with van der Waals surface area (Å²) in [5, 5.41) is 14.9. The number of rotatable bonds is 6. The second kappa shape index (κ2) is 8.46. The summed E-state index contributed by atoms with van der Waals surface area (Å²) >= 11 is 0. The Morgan fingerprint density at radius 3 is 2.86 bits per heavy atom. The molecular formula is C17H16N5NaO5. The summed E-state index contributed by atoms with van der Waals surface area (Å²) in [5.74, 6) is -0.455. The van der Waals surface area contributed by atoms with Gasteiger partial charge in [-0.1, -0.05) is 30.3 Å². The number of aromatic carboxylic acids is 1. The molecule has 4 rings (SSSR count). The van der Waals surface area contributed by atoms with E-state index in [-0.39, 0.29) is 55.5 Å². The molecule has 10 nitrogen and oxygen atoms in total. The molecule has 2 aromatic heterocycles. The van der Waals surface area contributed by atoms with E-state index in [1.165, 1.54) is 6.26 Å². The summed E-state index contributed by atoms with van der Waals surface area (Å²) in [6.45, 7) is 0.130. The summed E-state index contributed by atoms with van der Waals surface area (Å²) in [5.41, 5.74) is -0.128. The Labute approximate surface area is 182 Å². The Morgan fingerprint density at radius 2 is 2.18 bits per heavy atom. The van der Waals surface area contributed by atoms with E-state index in [1.54, 1.807) is 0 Å². The van der Waals surface area contributed by atoms with Gasteiger partial charge >= 0.3 is 35.5 Å². The van der Waals surface area contributed by atoms with E-state index in [4.69, 9.17) is 14.6 Å². The minimum Gasteiger partial charge on any atom is -1.00 e. The fourth-order valence-corrected chi connectivity index (χ4v) is 2.74. The average Bonchev–Trinajstić information content (AvgIpc) is 3.32. The third kappa shape index (κ3) is 4.03. The van der Waals surface area contributed by atoms with Crippen molar-refractivity contribution in [2.45, 2.75) is 12.5 Å². The molecule has 1 aliphatic heterocycles. The third-order valence-electron chi connectivity index (χ3n) is 4.03. The Bertz CT molecular complexity index is 1080. The fraction of sp³-hybridized carbons (Fsp3) is 0.176. The van der Waals surface area contributed by atoms with E-state index in [0.29, 0.717) is 12.2 Å². The van der Waals surface area contributed by atoms with Gasteiger partial charge in [-0.15, -0.1) is 0 Å². The number of hydrogen-bond donors (Lipinski definition) is 3. The molecule has 3 N–H and O–H groups in total. The number of ether oxygens (including phenoxy) is 2. The van der Waals surface area contributed by atoms with Crippen LogP contribution in [0.15, 0.2) is 53.3 Å². The van der Waals surface area contributed by atoms with Crippen molar-refractivity contribution in [2.24, 2.45) is 0 Å². The number of aromatic nitrogens is 4. The summed E-state index contributed by atoms with van der Waals surface area (Å²) in [6.07, 6.45) is 3.09. The minimum atomic E-state index is -1.35. The number of carboxylic acid groups (broad SMARTS) is 1. The Kier molecular flexibility index (Phi) is 6.02. The van der Waals surface area contributed by atoms with Crippen molar-refractivity contribution in [1.82, 2.24) is 19.6 Å². The molecule has 3 heterocycles. The standard InChI is InChI=1S/C17H15N5O5.Na.H/c23-14-11(15(24)25)7-18-17-20-16(21-22(14)17)19-12(13-8-26-9-27-13)6-10-4-2-1-3-5-10;;/h1-5,7-8,12H,6,9H2,(H,24,25)(H2,18,19,20,21);;/q;+1;-1. The van der Waals surface area contributed by atoms with Gasteiger partial charge in [0.1, 0.15) is 11.8 Å². The van der Waals surface area contributed by atoms with E-state index in [1.807, 2.05) is 30.3 Å². The second-order valence-corrected chi connectivity index (χ2v) is 5.83. The Balaban J connectivity index is 0.00000150. The van der Waals surface area contributed by atoms with E-state index in [2.05, 4.69) is 20.4 Å². The molecule has 1 atom stereocenters. The van der Waals surface area contributed by atoms with Crippen LogP contribution in [0.1, 0.15) is 17.3 Å². The first-order valence-electron chi connectivity index (χ1n) is 8.08. The molecule has 0 fully saturated rings. The van der Waals surface area contributed by atoms with Gasteiger partial charge in [-0.2, -0.15) is 9.50 Å². The number of aromatic amines is 1. The molecule has 0 saturated heterocycles. The van der Waals surface area contributed by atoms with Crippen LogP contribution in [0, 0.1) is 0 Å². The first-order chi connectivity index (χ1) is 13.1. The number of carbonyl (C=O) groups is 1. The van der Waals surface area contributed by atoms with Gasteiger partial charge in [0.2, 0.25) is 12.7 Å². The molecule has 11 heteroatoms. The first kappa shape index (κ1) is 19.9. The molecule has 0 bridgehead atoms. The SMILES string of the molecule is O=C(O)c1cnc2nc(NC(Cc3ccccc3)C3=COCO3)[nH]n2c1=O.[H-].[Na+]. The molecule has 28 heavy (non-hydrogen) atoms. The molecule has 1 aromatic carbocycles. The predicted molar refractivity (Wildman–Crippen MR) is 94.4 cm³/mol. The van der Waals surface area contributed by atoms with Gasteiger partial charge in [-0.3, -0.25) is 9.89 Å². The largest absolute Gasteiger partial charge is 1.00 e. The summed E-state index contributed by atoms with van der Waals surface area (Å²) in [7, 11) is 0. The van der Waals surface area contributed by atoms with Gasteiger partial charge in [0.05, 0.1) is 12.2 Å². The molecule has 0 spiro atoms. The summed E-state index contributed by atoms with van der Waals surface area (Å²) in [4.78, 5) is 31.4. The second-order valence-electron chi connectivity index (χ2n) is 5.83. The quantitative estimate of drug-likeness (QED) is 0.414. The predicted octanol–water partition coefficient (Wildman–Crippen LogP) is -1.90. The van der Waals surface area contributed by atoms with Crippen molar-refractivity contribution in [3.63, 3.8) is 0 Å². The zero-order valence-corrected chi connectivity index (χ0v) is 17.0. The van der Waals surface area contributed by atoms with Crippen LogP contribution in [0.3, 0.4) is 0 Å². The average molecular weight is 393 g/mol. The van der Waals surface area contributed by atoms with Gasteiger partial charge in [-0.25, -0.2) is 9.78 Å². The minimum absolute atomic E-state index is 0. The van der Waals surface area contributed by atoms with Crippen molar-refractivity contribution in [3.8, 4) is 0 Å². The van der Waals surface area contributed by atoms with Gasteiger partial charge in [0, 0.05) is 6.42 Å². The molecule has 0 amide bonds. The number of benzene rings is 1. The maximum Gasteiger partial charge on any atom is 1.00 e. The van der Waals surface area contributed by atoms with Crippen LogP contribution in [0.2, 0.25) is 0 Å².